The van der Waals surface area contributed by atoms with Crippen molar-refractivity contribution in [3.05, 3.63) is 29.8 Å². The zero-order chi connectivity index (χ0) is 10.6. The number of alkyl halides is 3. The quantitative estimate of drug-likeness (QED) is 0.704. The molecule has 1 aromatic carbocycles. The molecule has 0 saturated carbocycles. The molecule has 1 rings (SSSR count). The second-order valence-corrected chi connectivity index (χ2v) is 2.49. The molecular formula is C9H7F3O2. The Kier molecular flexibility index (Phi) is 3.50. The monoisotopic (exact) mass is 204 g/mol. The summed E-state index contributed by atoms with van der Waals surface area (Å²) < 4.78 is 40.1. The van der Waals surface area contributed by atoms with Gasteiger partial charge in [0.05, 0.1) is 0 Å². The van der Waals surface area contributed by atoms with Crippen molar-refractivity contribution in [2.24, 2.45) is 0 Å². The lowest BCUT2D eigenvalue weighted by Crippen LogP contribution is -2.19. The molecule has 0 aromatic heterocycles. The highest BCUT2D eigenvalue weighted by atomic mass is 19.3. The van der Waals surface area contributed by atoms with Gasteiger partial charge in [-0.3, -0.25) is 4.79 Å². The molecule has 1 atom stereocenters. The van der Waals surface area contributed by atoms with Gasteiger partial charge >= 0.3 is 6.43 Å². The van der Waals surface area contributed by atoms with Gasteiger partial charge in [-0.25, -0.2) is 8.78 Å². The highest BCUT2D eigenvalue weighted by Crippen LogP contribution is 2.17. The van der Waals surface area contributed by atoms with E-state index in [0.717, 1.165) is 0 Å². The van der Waals surface area contributed by atoms with Crippen LogP contribution in [0.3, 0.4) is 0 Å². The predicted molar refractivity (Wildman–Crippen MR) is 43.4 cm³/mol. The van der Waals surface area contributed by atoms with E-state index in [-0.39, 0.29) is 11.3 Å². The first-order valence-corrected chi connectivity index (χ1v) is 3.77. The molecule has 5 heteroatoms. The Bertz CT molecular complexity index is 315. The fourth-order valence-electron chi connectivity index (χ4n) is 0.843. The number of aldehydes is 1. The lowest BCUT2D eigenvalue weighted by Gasteiger charge is -2.10. The first-order chi connectivity index (χ1) is 6.63. The van der Waals surface area contributed by atoms with Crippen molar-refractivity contribution in [1.82, 2.24) is 0 Å². The summed E-state index contributed by atoms with van der Waals surface area (Å²) in [4.78, 5) is 10.3. The van der Waals surface area contributed by atoms with Gasteiger partial charge in [0.15, 0.2) is 0 Å². The molecule has 1 unspecified atom stereocenters. The fraction of sp³-hybridized carbons (Fsp3) is 0.222. The predicted octanol–water partition coefficient (Wildman–Crippen LogP) is 2.44. The minimum Gasteiger partial charge on any atom is -0.454 e. The van der Waals surface area contributed by atoms with E-state index >= 15 is 0 Å². The number of carbonyl (C=O) groups is 1. The zero-order valence-corrected chi connectivity index (χ0v) is 6.99. The first kappa shape index (κ1) is 10.6. The van der Waals surface area contributed by atoms with Gasteiger partial charge in [-0.05, 0) is 12.1 Å². The highest BCUT2D eigenvalue weighted by molar-refractivity contribution is 5.75. The van der Waals surface area contributed by atoms with Gasteiger partial charge in [0.25, 0.3) is 6.36 Å². The molecular weight excluding hydrogens is 197 g/mol. The summed E-state index contributed by atoms with van der Waals surface area (Å²) in [5, 5.41) is 0. The Labute approximate surface area is 78.3 Å². The van der Waals surface area contributed by atoms with Crippen LogP contribution in [0.5, 0.6) is 5.75 Å². The number of hydrogen-bond donors (Lipinski definition) is 0. The van der Waals surface area contributed by atoms with Crippen LogP contribution in [0, 0.1) is 0 Å². The molecule has 14 heavy (non-hydrogen) atoms. The van der Waals surface area contributed by atoms with Crippen LogP contribution in [0.15, 0.2) is 24.3 Å². The van der Waals surface area contributed by atoms with Crippen LogP contribution in [0.2, 0.25) is 0 Å². The minimum atomic E-state index is -3.20. The molecule has 1 aromatic rings. The molecule has 0 aliphatic heterocycles. The second-order valence-electron chi connectivity index (χ2n) is 2.49. The molecule has 0 fully saturated rings. The molecule has 0 saturated heterocycles. The number of ether oxygens (including phenoxy) is 1. The van der Waals surface area contributed by atoms with E-state index in [0.29, 0.717) is 6.29 Å². The van der Waals surface area contributed by atoms with Crippen molar-refractivity contribution in [1.29, 1.82) is 0 Å². The lowest BCUT2D eigenvalue weighted by molar-refractivity contribution is -0.0669. The van der Waals surface area contributed by atoms with Crippen molar-refractivity contribution in [3.8, 4) is 5.75 Å². The highest BCUT2D eigenvalue weighted by Gasteiger charge is 2.20. The van der Waals surface area contributed by atoms with Crippen molar-refractivity contribution >= 4 is 6.29 Å². The molecule has 0 radical (unpaired) electrons. The van der Waals surface area contributed by atoms with Gasteiger partial charge in [-0.2, -0.15) is 4.39 Å². The van der Waals surface area contributed by atoms with Gasteiger partial charge < -0.3 is 4.74 Å². The third kappa shape index (κ3) is 2.76. The first-order valence-electron chi connectivity index (χ1n) is 3.77. The number of halogens is 3. The number of hydrogen-bond acceptors (Lipinski definition) is 2. The normalized spacial score (nSPS) is 12.6. The Balaban J connectivity index is 2.71. The van der Waals surface area contributed by atoms with E-state index in [1.807, 2.05) is 0 Å². The van der Waals surface area contributed by atoms with Gasteiger partial charge in [-0.1, -0.05) is 12.1 Å². The van der Waals surface area contributed by atoms with E-state index in [1.165, 1.54) is 24.3 Å². The van der Waals surface area contributed by atoms with Gasteiger partial charge in [0.2, 0.25) is 0 Å². The van der Waals surface area contributed by atoms with Crippen molar-refractivity contribution in [3.63, 3.8) is 0 Å². The zero-order valence-electron chi connectivity index (χ0n) is 6.99. The summed E-state index contributed by atoms with van der Waals surface area (Å²) in [5.74, 6) is -0.0950. The largest absolute Gasteiger partial charge is 0.454 e. The van der Waals surface area contributed by atoms with E-state index in [9.17, 15) is 18.0 Å². The maximum atomic E-state index is 12.4. The summed E-state index contributed by atoms with van der Waals surface area (Å²) >= 11 is 0. The summed E-state index contributed by atoms with van der Waals surface area (Å²) in [6.45, 7) is 0. The number of benzene rings is 1. The van der Waals surface area contributed by atoms with E-state index in [2.05, 4.69) is 4.74 Å². The lowest BCUT2D eigenvalue weighted by atomic mass is 10.2. The second kappa shape index (κ2) is 4.64. The van der Waals surface area contributed by atoms with E-state index in [4.69, 9.17) is 0 Å². The van der Waals surface area contributed by atoms with E-state index in [1.54, 1.807) is 0 Å². The SMILES string of the molecule is O=Cc1cccc(OC(F)C(F)F)c1. The van der Waals surface area contributed by atoms with Gasteiger partial charge in [0, 0.05) is 5.56 Å². The molecule has 0 aliphatic rings. The van der Waals surface area contributed by atoms with Crippen LogP contribution in [-0.2, 0) is 0 Å². The van der Waals surface area contributed by atoms with Crippen molar-refractivity contribution in [2.45, 2.75) is 12.8 Å². The number of rotatable bonds is 4. The van der Waals surface area contributed by atoms with Gasteiger partial charge in [0.1, 0.15) is 12.0 Å². The van der Waals surface area contributed by atoms with Crippen molar-refractivity contribution < 1.29 is 22.7 Å². The Hall–Kier alpha value is -1.52. The molecule has 0 spiro atoms. The summed E-state index contributed by atoms with van der Waals surface area (Å²) in [6.07, 6.45) is -5.35. The Morgan fingerprint density at radius 1 is 1.29 bits per heavy atom. The van der Waals surface area contributed by atoms with Crippen molar-refractivity contribution in [2.75, 3.05) is 0 Å². The Morgan fingerprint density at radius 3 is 2.57 bits per heavy atom. The maximum Gasteiger partial charge on any atom is 0.304 e. The van der Waals surface area contributed by atoms with Crippen LogP contribution < -0.4 is 4.74 Å². The van der Waals surface area contributed by atoms with Crippen LogP contribution in [0.25, 0.3) is 0 Å². The van der Waals surface area contributed by atoms with Crippen LogP contribution >= 0.6 is 0 Å². The average molecular weight is 204 g/mol. The Morgan fingerprint density at radius 2 is 2.00 bits per heavy atom. The fourth-order valence-corrected chi connectivity index (χ4v) is 0.843. The smallest absolute Gasteiger partial charge is 0.304 e. The standard InChI is InChI=1S/C9H7F3O2/c10-8(11)9(12)14-7-3-1-2-6(4-7)5-13/h1-5,8-9H. The maximum absolute atomic E-state index is 12.4. The molecule has 76 valence electrons. The number of carbonyl (C=O) groups excluding carboxylic acids is 1. The summed E-state index contributed by atoms with van der Waals surface area (Å²) in [6, 6.07) is 5.34. The van der Waals surface area contributed by atoms with Crippen LogP contribution in [-0.4, -0.2) is 19.1 Å². The van der Waals surface area contributed by atoms with Crippen LogP contribution in [0.1, 0.15) is 10.4 Å². The third-order valence-electron chi connectivity index (χ3n) is 1.44. The van der Waals surface area contributed by atoms with Crippen LogP contribution in [0.4, 0.5) is 13.2 Å². The summed E-state index contributed by atoms with van der Waals surface area (Å²) in [5.41, 5.74) is 0.240. The van der Waals surface area contributed by atoms with Gasteiger partial charge in [-0.15, -0.1) is 0 Å². The topological polar surface area (TPSA) is 26.3 Å². The molecule has 0 aliphatic carbocycles. The van der Waals surface area contributed by atoms with E-state index < -0.39 is 12.8 Å². The third-order valence-corrected chi connectivity index (χ3v) is 1.44. The average Bonchev–Trinajstić information content (AvgIpc) is 2.18. The molecule has 2 nitrogen and oxygen atoms in total. The molecule has 0 bridgehead atoms. The summed E-state index contributed by atoms with van der Waals surface area (Å²) in [7, 11) is 0. The minimum absolute atomic E-state index is 0.0950. The molecule has 0 heterocycles. The molecule has 0 amide bonds. The molecule has 0 N–H and O–H groups in total.